The van der Waals surface area contributed by atoms with E-state index >= 15 is 0 Å². The lowest BCUT2D eigenvalue weighted by Gasteiger charge is -2.34. The molecule has 0 aliphatic carbocycles. The van der Waals surface area contributed by atoms with Crippen LogP contribution < -0.4 is 10.2 Å². The van der Waals surface area contributed by atoms with Crippen molar-refractivity contribution in [1.29, 1.82) is 0 Å². The van der Waals surface area contributed by atoms with E-state index in [0.717, 1.165) is 11.3 Å². The third-order valence-electron chi connectivity index (χ3n) is 5.11. The first-order chi connectivity index (χ1) is 13.9. The van der Waals surface area contributed by atoms with Gasteiger partial charge in [0.1, 0.15) is 0 Å². The van der Waals surface area contributed by atoms with E-state index in [2.05, 4.69) is 10.2 Å². The molecule has 1 heterocycles. The number of para-hydroxylation sites is 1. The van der Waals surface area contributed by atoms with Crippen molar-refractivity contribution in [2.24, 2.45) is 0 Å². The highest BCUT2D eigenvalue weighted by Gasteiger charge is 2.29. The number of likely N-dealkylation sites (N-methyl/N-ethyl adjacent to an activating group) is 1. The molecule has 1 N–H and O–H groups in total. The molecule has 0 atom stereocenters. The molecular weight excluding hydrogens is 388 g/mol. The second-order valence-corrected chi connectivity index (χ2v) is 9.13. The van der Waals surface area contributed by atoms with E-state index in [0.29, 0.717) is 44.2 Å². The van der Waals surface area contributed by atoms with Crippen molar-refractivity contribution in [3.05, 3.63) is 60.2 Å². The summed E-state index contributed by atoms with van der Waals surface area (Å²) in [5, 5.41) is 2.92. The Labute approximate surface area is 173 Å². The molecule has 0 bridgehead atoms. The van der Waals surface area contributed by atoms with Crippen LogP contribution in [0.25, 0.3) is 0 Å². The summed E-state index contributed by atoms with van der Waals surface area (Å²) < 4.78 is 27.0. The van der Waals surface area contributed by atoms with Gasteiger partial charge in [0.25, 0.3) is 0 Å². The Bertz CT molecular complexity index is 909. The summed E-state index contributed by atoms with van der Waals surface area (Å²) >= 11 is 0. The number of amides is 2. The predicted octanol–water partition coefficient (Wildman–Crippen LogP) is 2.15. The molecule has 29 heavy (non-hydrogen) atoms. The quantitative estimate of drug-likeness (QED) is 0.783. The normalized spacial score (nSPS) is 15.2. The zero-order valence-electron chi connectivity index (χ0n) is 16.9. The number of carbonyl (C=O) groups excluding carboxylic acids is 1. The largest absolute Gasteiger partial charge is 0.373 e. The lowest BCUT2D eigenvalue weighted by Crippen LogP contribution is -2.53. The number of benzene rings is 2. The fraction of sp³-hybridized carbons (Fsp3) is 0.381. The summed E-state index contributed by atoms with van der Waals surface area (Å²) in [5.41, 5.74) is 2.11. The van der Waals surface area contributed by atoms with E-state index < -0.39 is 10.0 Å². The van der Waals surface area contributed by atoms with Gasteiger partial charge in [-0.3, -0.25) is 0 Å². The minimum absolute atomic E-state index is 0.154. The molecule has 2 aromatic carbocycles. The molecule has 156 valence electrons. The first-order valence-corrected chi connectivity index (χ1v) is 11.2. The average Bonchev–Trinajstić information content (AvgIpc) is 2.74. The van der Waals surface area contributed by atoms with E-state index in [4.69, 9.17) is 0 Å². The van der Waals surface area contributed by atoms with Crippen LogP contribution in [0.4, 0.5) is 10.5 Å². The number of sulfonamides is 1. The predicted molar refractivity (Wildman–Crippen MR) is 115 cm³/mol. The average molecular weight is 417 g/mol. The Hall–Kier alpha value is -2.58. The Morgan fingerprint density at radius 1 is 1.00 bits per heavy atom. The standard InChI is InChI=1S/C21H28N4O3S/c1-18-8-10-20(11-9-18)29(27,28)25-16-14-24(15-17-25)21(26)22-12-13-23(2)19-6-4-3-5-7-19/h3-11H,12-17H2,1-2H3,(H,22,26). The first kappa shape index (κ1) is 21.1. The number of aryl methyl sites for hydroxylation is 1. The first-order valence-electron chi connectivity index (χ1n) is 9.74. The molecule has 1 aliphatic heterocycles. The number of nitrogens with zero attached hydrogens (tertiary/aromatic N) is 3. The number of carbonyl (C=O) groups is 1. The summed E-state index contributed by atoms with van der Waals surface area (Å²) in [4.78, 5) is 16.5. The van der Waals surface area contributed by atoms with Crippen molar-refractivity contribution in [3.63, 3.8) is 0 Å². The van der Waals surface area contributed by atoms with Crippen LogP contribution in [-0.4, -0.2) is 70.0 Å². The maximum atomic E-state index is 12.8. The van der Waals surface area contributed by atoms with Crippen LogP contribution >= 0.6 is 0 Å². The Kier molecular flexibility index (Phi) is 6.76. The van der Waals surface area contributed by atoms with Crippen LogP contribution in [0.1, 0.15) is 5.56 Å². The zero-order chi connectivity index (χ0) is 20.9. The monoisotopic (exact) mass is 416 g/mol. The van der Waals surface area contributed by atoms with Crippen molar-refractivity contribution in [3.8, 4) is 0 Å². The molecule has 0 spiro atoms. The Balaban J connectivity index is 1.46. The number of nitrogens with one attached hydrogen (secondary N) is 1. The summed E-state index contributed by atoms with van der Waals surface area (Å²) in [7, 11) is -1.54. The molecule has 2 amide bonds. The van der Waals surface area contributed by atoms with Gasteiger partial charge in [-0.15, -0.1) is 0 Å². The van der Waals surface area contributed by atoms with Gasteiger partial charge in [0, 0.05) is 52.0 Å². The highest BCUT2D eigenvalue weighted by Crippen LogP contribution is 2.18. The Morgan fingerprint density at radius 3 is 2.24 bits per heavy atom. The van der Waals surface area contributed by atoms with Crippen molar-refractivity contribution < 1.29 is 13.2 Å². The smallest absolute Gasteiger partial charge is 0.317 e. The fourth-order valence-electron chi connectivity index (χ4n) is 3.24. The van der Waals surface area contributed by atoms with Gasteiger partial charge in [-0.2, -0.15) is 4.31 Å². The molecule has 0 saturated carbocycles. The summed E-state index contributed by atoms with van der Waals surface area (Å²) in [6, 6.07) is 16.7. The number of hydrogen-bond acceptors (Lipinski definition) is 4. The number of anilines is 1. The third-order valence-corrected chi connectivity index (χ3v) is 7.02. The van der Waals surface area contributed by atoms with E-state index in [-0.39, 0.29) is 6.03 Å². The third kappa shape index (κ3) is 5.27. The minimum Gasteiger partial charge on any atom is -0.373 e. The lowest BCUT2D eigenvalue weighted by molar-refractivity contribution is 0.172. The van der Waals surface area contributed by atoms with Crippen LogP contribution in [-0.2, 0) is 10.0 Å². The van der Waals surface area contributed by atoms with Crippen LogP contribution in [0.15, 0.2) is 59.5 Å². The molecule has 1 saturated heterocycles. The number of hydrogen-bond donors (Lipinski definition) is 1. The van der Waals surface area contributed by atoms with Crippen molar-refractivity contribution in [1.82, 2.24) is 14.5 Å². The molecule has 0 unspecified atom stereocenters. The summed E-state index contributed by atoms with van der Waals surface area (Å²) in [6.07, 6.45) is 0. The Morgan fingerprint density at radius 2 is 1.62 bits per heavy atom. The van der Waals surface area contributed by atoms with Gasteiger partial charge >= 0.3 is 6.03 Å². The van der Waals surface area contributed by atoms with Crippen LogP contribution in [0, 0.1) is 6.92 Å². The molecule has 0 aromatic heterocycles. The number of rotatable bonds is 6. The van der Waals surface area contributed by atoms with Gasteiger partial charge in [-0.25, -0.2) is 13.2 Å². The van der Waals surface area contributed by atoms with Gasteiger partial charge in [-0.05, 0) is 31.2 Å². The van der Waals surface area contributed by atoms with E-state index in [1.165, 1.54) is 4.31 Å². The number of piperazine rings is 1. The highest BCUT2D eigenvalue weighted by atomic mass is 32.2. The highest BCUT2D eigenvalue weighted by molar-refractivity contribution is 7.89. The maximum absolute atomic E-state index is 12.8. The summed E-state index contributed by atoms with van der Waals surface area (Å²) in [6.45, 7) is 4.49. The zero-order valence-corrected chi connectivity index (χ0v) is 17.7. The lowest BCUT2D eigenvalue weighted by atomic mass is 10.2. The van der Waals surface area contributed by atoms with Gasteiger partial charge < -0.3 is 15.1 Å². The van der Waals surface area contributed by atoms with Gasteiger partial charge in [0.05, 0.1) is 4.90 Å². The molecule has 8 heteroatoms. The molecule has 7 nitrogen and oxygen atoms in total. The van der Waals surface area contributed by atoms with Crippen molar-refractivity contribution >= 4 is 21.7 Å². The SMILES string of the molecule is Cc1ccc(S(=O)(=O)N2CCN(C(=O)NCCN(C)c3ccccc3)CC2)cc1. The molecule has 1 aliphatic rings. The topological polar surface area (TPSA) is 73.0 Å². The van der Waals surface area contributed by atoms with E-state index in [1.807, 2.05) is 44.3 Å². The van der Waals surface area contributed by atoms with Crippen LogP contribution in [0.3, 0.4) is 0 Å². The van der Waals surface area contributed by atoms with Crippen molar-refractivity contribution in [2.45, 2.75) is 11.8 Å². The van der Waals surface area contributed by atoms with Crippen LogP contribution in [0.5, 0.6) is 0 Å². The molecule has 1 fully saturated rings. The fourth-order valence-corrected chi connectivity index (χ4v) is 4.67. The number of urea groups is 1. The molecule has 0 radical (unpaired) electrons. The van der Waals surface area contributed by atoms with Crippen LogP contribution in [0.2, 0.25) is 0 Å². The molecule has 2 aromatic rings. The van der Waals surface area contributed by atoms with E-state index in [9.17, 15) is 13.2 Å². The second-order valence-electron chi connectivity index (χ2n) is 7.19. The van der Waals surface area contributed by atoms with Crippen molar-refractivity contribution in [2.75, 3.05) is 51.2 Å². The van der Waals surface area contributed by atoms with Gasteiger partial charge in [-0.1, -0.05) is 35.9 Å². The maximum Gasteiger partial charge on any atom is 0.317 e. The molecule has 3 rings (SSSR count). The second kappa shape index (κ2) is 9.28. The van der Waals surface area contributed by atoms with Gasteiger partial charge in [0.15, 0.2) is 0 Å². The molecular formula is C21H28N4O3S. The summed E-state index contributed by atoms with van der Waals surface area (Å²) in [5.74, 6) is 0. The van der Waals surface area contributed by atoms with E-state index in [1.54, 1.807) is 29.2 Å². The minimum atomic E-state index is -3.52. The van der Waals surface area contributed by atoms with Gasteiger partial charge in [0.2, 0.25) is 10.0 Å².